The van der Waals surface area contributed by atoms with Crippen LogP contribution in [0.1, 0.15) is 31.4 Å². The highest BCUT2D eigenvalue weighted by Crippen LogP contribution is 2.26. The van der Waals surface area contributed by atoms with Crippen LogP contribution in [0.15, 0.2) is 18.2 Å². The lowest BCUT2D eigenvalue weighted by Crippen LogP contribution is -2.52. The van der Waals surface area contributed by atoms with Gasteiger partial charge in [0.1, 0.15) is 11.3 Å². The maximum Gasteiger partial charge on any atom is 0.329 e. The molecule has 1 atom stereocenters. The fourth-order valence-corrected chi connectivity index (χ4v) is 2.18. The molecule has 1 aliphatic rings. The van der Waals surface area contributed by atoms with Crippen molar-refractivity contribution in [3.63, 3.8) is 0 Å². The fourth-order valence-electron chi connectivity index (χ4n) is 2.18. The molecule has 5 heteroatoms. The topological polar surface area (TPSA) is 75.6 Å². The van der Waals surface area contributed by atoms with E-state index in [0.29, 0.717) is 13.0 Å². The Hall–Kier alpha value is -2.04. The van der Waals surface area contributed by atoms with Crippen LogP contribution in [0.5, 0.6) is 5.75 Å². The van der Waals surface area contributed by atoms with Crippen molar-refractivity contribution in [2.24, 2.45) is 0 Å². The van der Waals surface area contributed by atoms with Gasteiger partial charge in [-0.05, 0) is 30.5 Å². The molecule has 1 aliphatic heterocycles. The molecule has 2 rings (SSSR count). The number of carboxylic acid groups (broad SMARTS) is 1. The zero-order valence-electron chi connectivity index (χ0n) is 11.7. The highest BCUT2D eigenvalue weighted by atomic mass is 16.5. The maximum absolute atomic E-state index is 12.0. The third kappa shape index (κ3) is 2.92. The summed E-state index contributed by atoms with van der Waals surface area (Å²) in [7, 11) is 0. The van der Waals surface area contributed by atoms with E-state index in [0.717, 1.165) is 23.3 Å². The predicted molar refractivity (Wildman–Crippen MR) is 73.8 cm³/mol. The minimum atomic E-state index is -1.21. The number of amides is 1. The first kappa shape index (κ1) is 14.4. The molecule has 0 saturated heterocycles. The molecule has 1 unspecified atom stereocenters. The van der Waals surface area contributed by atoms with Crippen LogP contribution < -0.4 is 10.1 Å². The highest BCUT2D eigenvalue weighted by Gasteiger charge is 2.32. The summed E-state index contributed by atoms with van der Waals surface area (Å²) in [5.74, 6) is -0.426. The molecule has 1 amide bonds. The average molecular weight is 277 g/mol. The Kier molecular flexibility index (Phi) is 3.97. The molecule has 1 aromatic carbocycles. The van der Waals surface area contributed by atoms with Gasteiger partial charge >= 0.3 is 5.97 Å². The van der Waals surface area contributed by atoms with Crippen LogP contribution in [0.4, 0.5) is 0 Å². The molecule has 2 N–H and O–H groups in total. The lowest BCUT2D eigenvalue weighted by atomic mass is 9.98. The lowest BCUT2D eigenvalue weighted by Gasteiger charge is -2.24. The van der Waals surface area contributed by atoms with Crippen molar-refractivity contribution >= 4 is 11.9 Å². The molecular formula is C15H19NO4. The number of rotatable bonds is 5. The smallest absolute Gasteiger partial charge is 0.329 e. The van der Waals surface area contributed by atoms with Crippen LogP contribution in [-0.4, -0.2) is 29.1 Å². The van der Waals surface area contributed by atoms with E-state index in [2.05, 4.69) is 5.32 Å². The number of carbonyl (C=O) groups excluding carboxylic acids is 1. The third-order valence-corrected chi connectivity index (χ3v) is 3.71. The van der Waals surface area contributed by atoms with Crippen LogP contribution in [0.25, 0.3) is 0 Å². The van der Waals surface area contributed by atoms with Gasteiger partial charge < -0.3 is 15.2 Å². The number of hydrogen-bond acceptors (Lipinski definition) is 3. The van der Waals surface area contributed by atoms with Gasteiger partial charge in [0.2, 0.25) is 5.91 Å². The Morgan fingerprint density at radius 3 is 2.85 bits per heavy atom. The van der Waals surface area contributed by atoms with Crippen molar-refractivity contribution in [1.82, 2.24) is 5.32 Å². The summed E-state index contributed by atoms with van der Waals surface area (Å²) in [6.07, 6.45) is 1.37. The largest absolute Gasteiger partial charge is 0.493 e. The van der Waals surface area contributed by atoms with Crippen molar-refractivity contribution in [3.8, 4) is 5.75 Å². The van der Waals surface area contributed by atoms with E-state index in [1.54, 1.807) is 6.92 Å². The van der Waals surface area contributed by atoms with E-state index in [4.69, 9.17) is 9.84 Å². The predicted octanol–water partition coefficient (Wildman–Crippen LogP) is 1.53. The number of carboxylic acids is 1. The Balaban J connectivity index is 2.03. The molecular weight excluding hydrogens is 258 g/mol. The van der Waals surface area contributed by atoms with Gasteiger partial charge in [0.05, 0.1) is 13.0 Å². The van der Waals surface area contributed by atoms with Crippen LogP contribution in [0.3, 0.4) is 0 Å². The molecule has 0 aromatic heterocycles. The molecule has 1 aromatic rings. The number of fused-ring (bicyclic) bond motifs is 1. The van der Waals surface area contributed by atoms with Crippen LogP contribution >= 0.6 is 0 Å². The quantitative estimate of drug-likeness (QED) is 0.856. The van der Waals surface area contributed by atoms with Crippen molar-refractivity contribution < 1.29 is 19.4 Å². The van der Waals surface area contributed by atoms with Crippen molar-refractivity contribution in [2.75, 3.05) is 6.61 Å². The molecule has 1 heterocycles. The van der Waals surface area contributed by atoms with E-state index in [9.17, 15) is 9.59 Å². The summed E-state index contributed by atoms with van der Waals surface area (Å²) in [5, 5.41) is 11.7. The number of benzene rings is 1. The number of ether oxygens (including phenoxy) is 1. The van der Waals surface area contributed by atoms with Gasteiger partial charge in [-0.2, -0.15) is 0 Å². The van der Waals surface area contributed by atoms with Crippen LogP contribution in [0, 0.1) is 0 Å². The first-order chi connectivity index (χ1) is 9.44. The normalized spacial score (nSPS) is 15.9. The highest BCUT2D eigenvalue weighted by molar-refractivity contribution is 5.87. The van der Waals surface area contributed by atoms with Gasteiger partial charge in [-0.1, -0.05) is 19.1 Å². The summed E-state index contributed by atoms with van der Waals surface area (Å²) < 4.78 is 5.41. The summed E-state index contributed by atoms with van der Waals surface area (Å²) in [5.41, 5.74) is 0.763. The second-order valence-electron chi connectivity index (χ2n) is 5.26. The Morgan fingerprint density at radius 2 is 2.20 bits per heavy atom. The fraction of sp³-hybridized carbons (Fsp3) is 0.467. The number of carbonyl (C=O) groups is 2. The van der Waals surface area contributed by atoms with Crippen molar-refractivity contribution in [3.05, 3.63) is 29.3 Å². The van der Waals surface area contributed by atoms with Crippen LogP contribution in [-0.2, 0) is 22.4 Å². The lowest BCUT2D eigenvalue weighted by molar-refractivity contribution is -0.146. The zero-order chi connectivity index (χ0) is 14.8. The van der Waals surface area contributed by atoms with Gasteiger partial charge in [-0.3, -0.25) is 4.79 Å². The molecule has 20 heavy (non-hydrogen) atoms. The Labute approximate surface area is 117 Å². The molecule has 0 radical (unpaired) electrons. The maximum atomic E-state index is 12.0. The first-order valence-corrected chi connectivity index (χ1v) is 6.73. The van der Waals surface area contributed by atoms with E-state index in [-0.39, 0.29) is 12.3 Å². The first-order valence-electron chi connectivity index (χ1n) is 6.73. The molecule has 0 fully saturated rings. The van der Waals surface area contributed by atoms with Crippen molar-refractivity contribution in [1.29, 1.82) is 0 Å². The second-order valence-corrected chi connectivity index (χ2v) is 5.26. The van der Waals surface area contributed by atoms with E-state index < -0.39 is 11.5 Å². The van der Waals surface area contributed by atoms with Crippen molar-refractivity contribution in [2.45, 2.75) is 38.6 Å². The standard InChI is InChI=1S/C15H19NO4/c1-3-15(2,14(18)19)16-13(17)9-10-4-5-12-11(8-10)6-7-20-12/h4-5,8H,3,6-7,9H2,1-2H3,(H,16,17)(H,18,19). The molecule has 0 aliphatic carbocycles. The van der Waals surface area contributed by atoms with E-state index >= 15 is 0 Å². The zero-order valence-corrected chi connectivity index (χ0v) is 11.7. The van der Waals surface area contributed by atoms with Gasteiger partial charge in [0.25, 0.3) is 0 Å². The molecule has 0 bridgehead atoms. The Bertz CT molecular complexity index is 541. The second kappa shape index (κ2) is 5.53. The molecule has 108 valence electrons. The number of aliphatic carboxylic acids is 1. The monoisotopic (exact) mass is 277 g/mol. The van der Waals surface area contributed by atoms with Gasteiger partial charge in [-0.15, -0.1) is 0 Å². The van der Waals surface area contributed by atoms with Gasteiger partial charge in [-0.25, -0.2) is 4.79 Å². The molecule has 0 spiro atoms. The van der Waals surface area contributed by atoms with E-state index in [1.165, 1.54) is 6.92 Å². The number of nitrogens with one attached hydrogen (secondary N) is 1. The van der Waals surface area contributed by atoms with Gasteiger partial charge in [0.15, 0.2) is 0 Å². The third-order valence-electron chi connectivity index (χ3n) is 3.71. The summed E-state index contributed by atoms with van der Waals surface area (Å²) in [6.45, 7) is 3.93. The Morgan fingerprint density at radius 1 is 1.45 bits per heavy atom. The molecule has 5 nitrogen and oxygen atoms in total. The molecule has 0 saturated carbocycles. The summed E-state index contributed by atoms with van der Waals surface area (Å²) in [4.78, 5) is 23.1. The summed E-state index contributed by atoms with van der Waals surface area (Å²) >= 11 is 0. The average Bonchev–Trinajstić information content (AvgIpc) is 2.85. The minimum Gasteiger partial charge on any atom is -0.493 e. The van der Waals surface area contributed by atoms with E-state index in [1.807, 2.05) is 18.2 Å². The number of hydrogen-bond donors (Lipinski definition) is 2. The van der Waals surface area contributed by atoms with Crippen LogP contribution in [0.2, 0.25) is 0 Å². The minimum absolute atomic E-state index is 0.177. The summed E-state index contributed by atoms with van der Waals surface area (Å²) in [6, 6.07) is 5.65. The SMILES string of the molecule is CCC(C)(NC(=O)Cc1ccc2c(c1)CCO2)C(=O)O. The van der Waals surface area contributed by atoms with Gasteiger partial charge in [0, 0.05) is 6.42 Å².